The van der Waals surface area contributed by atoms with Gasteiger partial charge in [0, 0.05) is 12.6 Å². The largest absolute Gasteiger partial charge is 0.345 e. The fraction of sp³-hybridized carbons (Fsp3) is 0.692. The number of carbonyl (C=O) groups is 1. The number of aromatic nitrogens is 1. The van der Waals surface area contributed by atoms with Crippen LogP contribution in [0.2, 0.25) is 0 Å². The Balaban J connectivity index is 2.22. The standard InChI is InChI=1S/C13H20N2OS/c1-4-11-12(8-16)17-13(14-11)15(7-9(2)3)10-5-6-10/h8-10H,4-7H2,1-3H3. The summed E-state index contributed by atoms with van der Waals surface area (Å²) in [6.45, 7) is 7.55. The topological polar surface area (TPSA) is 33.2 Å². The van der Waals surface area contributed by atoms with Gasteiger partial charge in [0.05, 0.1) is 10.6 Å². The van der Waals surface area contributed by atoms with E-state index in [1.165, 1.54) is 12.8 Å². The number of hydrogen-bond donors (Lipinski definition) is 0. The van der Waals surface area contributed by atoms with E-state index >= 15 is 0 Å². The Bertz CT molecular complexity index is 396. The number of carbonyl (C=O) groups excluding carboxylic acids is 1. The molecule has 1 aliphatic rings. The molecule has 1 saturated carbocycles. The number of aldehydes is 1. The van der Waals surface area contributed by atoms with Crippen LogP contribution in [-0.2, 0) is 6.42 Å². The Labute approximate surface area is 107 Å². The van der Waals surface area contributed by atoms with Crippen molar-refractivity contribution in [1.82, 2.24) is 4.98 Å². The summed E-state index contributed by atoms with van der Waals surface area (Å²) in [6, 6.07) is 0.660. The van der Waals surface area contributed by atoms with Gasteiger partial charge in [0.2, 0.25) is 0 Å². The highest BCUT2D eigenvalue weighted by Gasteiger charge is 2.31. The summed E-state index contributed by atoms with van der Waals surface area (Å²) < 4.78 is 0. The maximum Gasteiger partial charge on any atom is 0.186 e. The molecule has 0 aromatic carbocycles. The van der Waals surface area contributed by atoms with Gasteiger partial charge in [-0.3, -0.25) is 4.79 Å². The van der Waals surface area contributed by atoms with Gasteiger partial charge in [-0.05, 0) is 25.2 Å². The van der Waals surface area contributed by atoms with Crippen LogP contribution in [-0.4, -0.2) is 23.9 Å². The summed E-state index contributed by atoms with van der Waals surface area (Å²) in [5.41, 5.74) is 0.953. The van der Waals surface area contributed by atoms with Crippen LogP contribution < -0.4 is 4.90 Å². The first-order chi connectivity index (χ1) is 8.15. The van der Waals surface area contributed by atoms with Crippen molar-refractivity contribution in [2.24, 2.45) is 5.92 Å². The number of thiazole rings is 1. The molecule has 0 radical (unpaired) electrons. The van der Waals surface area contributed by atoms with Gasteiger partial charge in [-0.15, -0.1) is 0 Å². The molecule has 0 saturated heterocycles. The highest BCUT2D eigenvalue weighted by molar-refractivity contribution is 7.17. The van der Waals surface area contributed by atoms with Gasteiger partial charge in [0.15, 0.2) is 11.4 Å². The van der Waals surface area contributed by atoms with Crippen molar-refractivity contribution in [2.75, 3.05) is 11.4 Å². The van der Waals surface area contributed by atoms with Gasteiger partial charge in [0.25, 0.3) is 0 Å². The minimum absolute atomic E-state index is 0.629. The monoisotopic (exact) mass is 252 g/mol. The van der Waals surface area contributed by atoms with Crippen molar-refractivity contribution >= 4 is 22.8 Å². The van der Waals surface area contributed by atoms with E-state index in [-0.39, 0.29) is 0 Å². The SMILES string of the molecule is CCc1nc(N(CC(C)C)C2CC2)sc1C=O. The van der Waals surface area contributed by atoms with Crippen LogP contribution in [0.5, 0.6) is 0 Å². The molecule has 2 rings (SSSR count). The molecule has 0 amide bonds. The van der Waals surface area contributed by atoms with Crippen LogP contribution in [0.15, 0.2) is 0 Å². The summed E-state index contributed by atoms with van der Waals surface area (Å²) in [5, 5.41) is 1.04. The van der Waals surface area contributed by atoms with E-state index in [4.69, 9.17) is 0 Å². The van der Waals surface area contributed by atoms with Gasteiger partial charge in [-0.2, -0.15) is 0 Å². The zero-order valence-electron chi connectivity index (χ0n) is 10.8. The zero-order valence-corrected chi connectivity index (χ0v) is 11.6. The summed E-state index contributed by atoms with van der Waals surface area (Å²) in [7, 11) is 0. The smallest absolute Gasteiger partial charge is 0.186 e. The first-order valence-electron chi connectivity index (χ1n) is 6.37. The molecular formula is C13H20N2OS. The number of rotatable bonds is 6. The first kappa shape index (κ1) is 12.6. The van der Waals surface area contributed by atoms with Gasteiger partial charge in [-0.1, -0.05) is 32.1 Å². The van der Waals surface area contributed by atoms with Crippen LogP contribution in [0.4, 0.5) is 5.13 Å². The fourth-order valence-corrected chi connectivity index (χ4v) is 3.03. The molecule has 0 atom stereocenters. The third kappa shape index (κ3) is 2.86. The maximum absolute atomic E-state index is 11.0. The molecule has 3 nitrogen and oxygen atoms in total. The van der Waals surface area contributed by atoms with E-state index in [1.54, 1.807) is 11.3 Å². The minimum Gasteiger partial charge on any atom is -0.345 e. The number of nitrogens with zero attached hydrogens (tertiary/aromatic N) is 2. The van der Waals surface area contributed by atoms with E-state index in [0.717, 1.165) is 35.0 Å². The summed E-state index contributed by atoms with van der Waals surface area (Å²) >= 11 is 1.55. The van der Waals surface area contributed by atoms with E-state index in [2.05, 4.69) is 30.7 Å². The minimum atomic E-state index is 0.629. The third-order valence-corrected chi connectivity index (χ3v) is 4.01. The second-order valence-electron chi connectivity index (χ2n) is 5.06. The highest BCUT2D eigenvalue weighted by atomic mass is 32.1. The number of aryl methyl sites for hydroxylation is 1. The normalized spacial score (nSPS) is 15.3. The van der Waals surface area contributed by atoms with Crippen molar-refractivity contribution in [3.8, 4) is 0 Å². The van der Waals surface area contributed by atoms with Gasteiger partial charge in [0.1, 0.15) is 0 Å². The van der Waals surface area contributed by atoms with Crippen molar-refractivity contribution < 1.29 is 4.79 Å². The lowest BCUT2D eigenvalue weighted by atomic mass is 10.2. The fourth-order valence-electron chi connectivity index (χ4n) is 1.98. The summed E-state index contributed by atoms with van der Waals surface area (Å²) in [6.07, 6.45) is 4.32. The first-order valence-corrected chi connectivity index (χ1v) is 7.18. The lowest BCUT2D eigenvalue weighted by molar-refractivity contribution is 0.112. The molecule has 0 aliphatic heterocycles. The van der Waals surface area contributed by atoms with E-state index in [1.807, 2.05) is 0 Å². The Morgan fingerprint density at radius 2 is 2.24 bits per heavy atom. The molecule has 1 aromatic heterocycles. The Kier molecular flexibility index (Phi) is 3.82. The Hall–Kier alpha value is -0.900. The average Bonchev–Trinajstić information content (AvgIpc) is 3.05. The van der Waals surface area contributed by atoms with Crippen LogP contribution >= 0.6 is 11.3 Å². The average molecular weight is 252 g/mol. The van der Waals surface area contributed by atoms with Crippen molar-refractivity contribution in [3.63, 3.8) is 0 Å². The van der Waals surface area contributed by atoms with Gasteiger partial charge in [-0.25, -0.2) is 4.98 Å². The lowest BCUT2D eigenvalue weighted by Crippen LogP contribution is -2.29. The van der Waals surface area contributed by atoms with Crippen LogP contribution in [0.1, 0.15) is 49.0 Å². The van der Waals surface area contributed by atoms with E-state index in [0.29, 0.717) is 12.0 Å². The molecule has 1 fully saturated rings. The molecule has 4 heteroatoms. The summed E-state index contributed by atoms with van der Waals surface area (Å²) in [5.74, 6) is 0.629. The van der Waals surface area contributed by atoms with Crippen molar-refractivity contribution in [2.45, 2.75) is 46.1 Å². The van der Waals surface area contributed by atoms with Crippen molar-refractivity contribution in [3.05, 3.63) is 10.6 Å². The highest BCUT2D eigenvalue weighted by Crippen LogP contribution is 2.35. The zero-order chi connectivity index (χ0) is 12.4. The Morgan fingerprint density at radius 1 is 1.53 bits per heavy atom. The van der Waals surface area contributed by atoms with Crippen LogP contribution in [0.25, 0.3) is 0 Å². The molecule has 0 N–H and O–H groups in total. The predicted molar refractivity (Wildman–Crippen MR) is 72.1 cm³/mol. The molecule has 0 unspecified atom stereocenters. The molecule has 17 heavy (non-hydrogen) atoms. The molecule has 1 heterocycles. The molecule has 0 bridgehead atoms. The second-order valence-corrected chi connectivity index (χ2v) is 6.07. The van der Waals surface area contributed by atoms with Crippen LogP contribution in [0.3, 0.4) is 0 Å². The molecular weight excluding hydrogens is 232 g/mol. The summed E-state index contributed by atoms with van der Waals surface area (Å²) in [4.78, 5) is 18.8. The van der Waals surface area contributed by atoms with E-state index < -0.39 is 0 Å². The molecule has 0 spiro atoms. The Morgan fingerprint density at radius 3 is 2.65 bits per heavy atom. The number of anilines is 1. The van der Waals surface area contributed by atoms with Crippen LogP contribution in [0, 0.1) is 5.92 Å². The molecule has 1 aromatic rings. The van der Waals surface area contributed by atoms with Gasteiger partial charge >= 0.3 is 0 Å². The maximum atomic E-state index is 11.0. The second kappa shape index (κ2) is 5.17. The molecule has 94 valence electrons. The lowest BCUT2D eigenvalue weighted by Gasteiger charge is -2.23. The van der Waals surface area contributed by atoms with Crippen molar-refractivity contribution in [1.29, 1.82) is 0 Å². The van der Waals surface area contributed by atoms with Gasteiger partial charge < -0.3 is 4.90 Å². The molecule has 1 aliphatic carbocycles. The van der Waals surface area contributed by atoms with E-state index in [9.17, 15) is 4.79 Å². The number of hydrogen-bond acceptors (Lipinski definition) is 4. The quantitative estimate of drug-likeness (QED) is 0.729. The predicted octanol–water partition coefficient (Wildman–Crippen LogP) is 3.14. The third-order valence-electron chi connectivity index (χ3n) is 2.95.